The van der Waals surface area contributed by atoms with Crippen molar-refractivity contribution in [2.24, 2.45) is 0 Å². The molecule has 1 aromatic rings. The minimum Gasteiger partial charge on any atom is -0.342 e. The van der Waals surface area contributed by atoms with E-state index in [2.05, 4.69) is 5.32 Å². The van der Waals surface area contributed by atoms with Gasteiger partial charge >= 0.3 is 0 Å². The molecule has 0 saturated carbocycles. The minimum atomic E-state index is -0.560. The second-order valence-electron chi connectivity index (χ2n) is 5.44. The molecule has 5 heteroatoms. The monoisotopic (exact) mass is 296 g/mol. The summed E-state index contributed by atoms with van der Waals surface area (Å²) in [6.45, 7) is 5.92. The van der Waals surface area contributed by atoms with E-state index in [1.807, 2.05) is 13.8 Å². The quantitative estimate of drug-likeness (QED) is 0.926. The number of carbonyl (C=O) groups excluding carboxylic acids is 1. The molecule has 116 valence electrons. The Morgan fingerprint density at radius 1 is 1.24 bits per heavy atom. The molecule has 0 bridgehead atoms. The summed E-state index contributed by atoms with van der Waals surface area (Å²) in [7, 11) is 0. The van der Waals surface area contributed by atoms with Crippen molar-refractivity contribution in [3.05, 3.63) is 35.4 Å². The second-order valence-corrected chi connectivity index (χ2v) is 5.44. The van der Waals surface area contributed by atoms with E-state index in [9.17, 15) is 13.6 Å². The zero-order valence-corrected chi connectivity index (χ0v) is 12.5. The van der Waals surface area contributed by atoms with Crippen LogP contribution in [0.4, 0.5) is 8.78 Å². The third-order valence-electron chi connectivity index (χ3n) is 4.13. The van der Waals surface area contributed by atoms with Gasteiger partial charge in [-0.1, -0.05) is 0 Å². The van der Waals surface area contributed by atoms with Gasteiger partial charge in [0.15, 0.2) is 0 Å². The van der Waals surface area contributed by atoms with Crippen molar-refractivity contribution < 1.29 is 13.6 Å². The number of nitrogens with zero attached hydrogens (tertiary/aromatic N) is 1. The predicted molar refractivity (Wildman–Crippen MR) is 78.1 cm³/mol. The highest BCUT2D eigenvalue weighted by Gasteiger charge is 2.30. The molecule has 1 N–H and O–H groups in total. The fourth-order valence-electron chi connectivity index (χ4n) is 2.97. The van der Waals surface area contributed by atoms with Crippen molar-refractivity contribution in [3.63, 3.8) is 0 Å². The van der Waals surface area contributed by atoms with Gasteiger partial charge in [0.1, 0.15) is 11.6 Å². The molecule has 0 spiro atoms. The highest BCUT2D eigenvalue weighted by Crippen LogP contribution is 2.29. The number of rotatable bonds is 4. The third kappa shape index (κ3) is 3.79. The SMILES string of the molecule is CCN(CC)C(=O)C1CC(c2cc(F)cc(F)c2)CCN1. The van der Waals surface area contributed by atoms with Gasteiger partial charge in [-0.25, -0.2) is 8.78 Å². The second kappa shape index (κ2) is 6.98. The Balaban J connectivity index is 2.11. The summed E-state index contributed by atoms with van der Waals surface area (Å²) in [6, 6.07) is 3.36. The molecule has 0 radical (unpaired) electrons. The van der Waals surface area contributed by atoms with Crippen LogP contribution in [0.5, 0.6) is 0 Å². The summed E-state index contributed by atoms with van der Waals surface area (Å²) in [4.78, 5) is 14.2. The smallest absolute Gasteiger partial charge is 0.239 e. The van der Waals surface area contributed by atoms with Crippen LogP contribution in [0.1, 0.15) is 38.2 Å². The molecule has 1 fully saturated rings. The Morgan fingerprint density at radius 3 is 2.43 bits per heavy atom. The summed E-state index contributed by atoms with van der Waals surface area (Å²) < 4.78 is 26.7. The lowest BCUT2D eigenvalue weighted by atomic mass is 9.86. The molecule has 1 amide bonds. The lowest BCUT2D eigenvalue weighted by Gasteiger charge is -2.33. The van der Waals surface area contributed by atoms with E-state index >= 15 is 0 Å². The van der Waals surface area contributed by atoms with Gasteiger partial charge in [0.25, 0.3) is 0 Å². The summed E-state index contributed by atoms with van der Waals surface area (Å²) in [5.41, 5.74) is 0.645. The maximum Gasteiger partial charge on any atom is 0.239 e. The highest BCUT2D eigenvalue weighted by atomic mass is 19.1. The first-order valence-electron chi connectivity index (χ1n) is 7.53. The number of hydrogen-bond acceptors (Lipinski definition) is 2. The van der Waals surface area contributed by atoms with Gasteiger partial charge in [-0.2, -0.15) is 0 Å². The first kappa shape index (κ1) is 15.9. The zero-order chi connectivity index (χ0) is 15.4. The molecule has 2 unspecified atom stereocenters. The number of benzene rings is 1. The number of halogens is 2. The minimum absolute atomic E-state index is 0.0148. The maximum absolute atomic E-state index is 13.3. The summed E-state index contributed by atoms with van der Waals surface area (Å²) in [5, 5.41) is 3.22. The van der Waals surface area contributed by atoms with Crippen molar-refractivity contribution in [1.82, 2.24) is 10.2 Å². The molecule has 0 aliphatic carbocycles. The van der Waals surface area contributed by atoms with Crippen LogP contribution >= 0.6 is 0 Å². The average molecular weight is 296 g/mol. The van der Waals surface area contributed by atoms with E-state index in [4.69, 9.17) is 0 Å². The topological polar surface area (TPSA) is 32.3 Å². The number of piperidine rings is 1. The van der Waals surface area contributed by atoms with Crippen LogP contribution in [0.15, 0.2) is 18.2 Å². The molecule has 0 aromatic heterocycles. The number of nitrogens with one attached hydrogen (secondary N) is 1. The van der Waals surface area contributed by atoms with Gasteiger partial charge < -0.3 is 10.2 Å². The van der Waals surface area contributed by atoms with E-state index in [1.165, 1.54) is 12.1 Å². The predicted octanol–water partition coefficient (Wildman–Crippen LogP) is 2.67. The van der Waals surface area contributed by atoms with E-state index in [-0.39, 0.29) is 17.9 Å². The molecule has 21 heavy (non-hydrogen) atoms. The van der Waals surface area contributed by atoms with Crippen molar-refractivity contribution in [2.45, 2.75) is 38.6 Å². The van der Waals surface area contributed by atoms with Crippen molar-refractivity contribution in [2.75, 3.05) is 19.6 Å². The molecule has 3 nitrogen and oxygen atoms in total. The first-order valence-corrected chi connectivity index (χ1v) is 7.53. The molecule has 1 aromatic carbocycles. The number of carbonyl (C=O) groups is 1. The van der Waals surface area contributed by atoms with E-state index < -0.39 is 11.6 Å². The Kier molecular flexibility index (Phi) is 5.28. The molecule has 1 heterocycles. The van der Waals surface area contributed by atoms with Crippen molar-refractivity contribution in [3.8, 4) is 0 Å². The van der Waals surface area contributed by atoms with Crippen LogP contribution < -0.4 is 5.32 Å². The normalized spacial score (nSPS) is 22.1. The van der Waals surface area contributed by atoms with Gasteiger partial charge in [0.05, 0.1) is 6.04 Å². The Labute approximate surface area is 124 Å². The highest BCUT2D eigenvalue weighted by molar-refractivity contribution is 5.82. The van der Waals surface area contributed by atoms with Gasteiger partial charge in [-0.3, -0.25) is 4.79 Å². The van der Waals surface area contributed by atoms with Crippen LogP contribution in [0.3, 0.4) is 0 Å². The Morgan fingerprint density at radius 2 is 1.86 bits per heavy atom. The van der Waals surface area contributed by atoms with E-state index in [0.717, 1.165) is 12.5 Å². The molecule has 1 saturated heterocycles. The lowest BCUT2D eigenvalue weighted by Crippen LogP contribution is -2.49. The average Bonchev–Trinajstić information content (AvgIpc) is 2.47. The third-order valence-corrected chi connectivity index (χ3v) is 4.13. The molecule has 2 rings (SSSR count). The van der Waals surface area contributed by atoms with Crippen molar-refractivity contribution >= 4 is 5.91 Å². The largest absolute Gasteiger partial charge is 0.342 e. The van der Waals surface area contributed by atoms with Gasteiger partial charge in [-0.15, -0.1) is 0 Å². The van der Waals surface area contributed by atoms with Crippen LogP contribution in [0, 0.1) is 11.6 Å². The molecular weight excluding hydrogens is 274 g/mol. The van der Waals surface area contributed by atoms with E-state index in [0.29, 0.717) is 31.6 Å². The van der Waals surface area contributed by atoms with Crippen LogP contribution in [0.2, 0.25) is 0 Å². The van der Waals surface area contributed by atoms with Crippen LogP contribution in [-0.2, 0) is 4.79 Å². The summed E-state index contributed by atoms with van der Waals surface area (Å²) in [6.07, 6.45) is 1.36. The molecule has 1 aliphatic heterocycles. The van der Waals surface area contributed by atoms with Gasteiger partial charge in [0.2, 0.25) is 5.91 Å². The van der Waals surface area contributed by atoms with Crippen molar-refractivity contribution in [1.29, 1.82) is 0 Å². The zero-order valence-electron chi connectivity index (χ0n) is 12.5. The standard InChI is InChI=1S/C16H22F2N2O/c1-3-20(4-2)16(21)15-9-11(5-6-19-15)12-7-13(17)10-14(18)8-12/h7-8,10-11,15,19H,3-6,9H2,1-2H3. The van der Waals surface area contributed by atoms with Gasteiger partial charge in [0, 0.05) is 19.2 Å². The lowest BCUT2D eigenvalue weighted by molar-refractivity contribution is -0.133. The Hall–Kier alpha value is -1.49. The van der Waals surface area contributed by atoms with E-state index in [1.54, 1.807) is 4.90 Å². The number of hydrogen-bond donors (Lipinski definition) is 1. The fraction of sp³-hybridized carbons (Fsp3) is 0.562. The Bertz CT molecular complexity index is 483. The van der Waals surface area contributed by atoms with Crippen LogP contribution in [-0.4, -0.2) is 36.5 Å². The van der Waals surface area contributed by atoms with Crippen LogP contribution in [0.25, 0.3) is 0 Å². The maximum atomic E-state index is 13.3. The number of likely N-dealkylation sites (N-methyl/N-ethyl adjacent to an activating group) is 1. The molecular formula is C16H22F2N2O. The molecule has 1 aliphatic rings. The van der Waals surface area contributed by atoms with Gasteiger partial charge in [-0.05, 0) is 56.8 Å². The number of amides is 1. The molecule has 2 atom stereocenters. The summed E-state index contributed by atoms with van der Waals surface area (Å²) >= 11 is 0. The summed E-state index contributed by atoms with van der Waals surface area (Å²) in [5.74, 6) is -1.03. The fourth-order valence-corrected chi connectivity index (χ4v) is 2.97. The first-order chi connectivity index (χ1) is 10.0.